The maximum absolute atomic E-state index is 11.8. The molecule has 0 aliphatic heterocycles. The van der Waals surface area contributed by atoms with Crippen molar-refractivity contribution in [1.82, 2.24) is 0 Å². The standard InChI is InChI=1S/C14H14BrN3O/c1-9-7-11(15)13(8-12(9)16)18-14(19)17-10-5-3-2-4-6-10/h2-8H,16H2,1H3,(H2,17,18,19). The molecule has 0 saturated heterocycles. The molecule has 2 rings (SSSR count). The first-order valence-electron chi connectivity index (χ1n) is 5.75. The van der Waals surface area contributed by atoms with Gasteiger partial charge in [0.2, 0.25) is 0 Å². The first kappa shape index (κ1) is 13.4. The summed E-state index contributed by atoms with van der Waals surface area (Å²) in [7, 11) is 0. The Hall–Kier alpha value is -2.01. The van der Waals surface area contributed by atoms with E-state index in [9.17, 15) is 4.79 Å². The van der Waals surface area contributed by atoms with Crippen LogP contribution in [0.2, 0.25) is 0 Å². The SMILES string of the molecule is Cc1cc(Br)c(NC(=O)Nc2ccccc2)cc1N. The van der Waals surface area contributed by atoms with Gasteiger partial charge in [-0.05, 0) is 52.7 Å². The van der Waals surface area contributed by atoms with Crippen LogP contribution in [-0.4, -0.2) is 6.03 Å². The first-order chi connectivity index (χ1) is 9.06. The molecule has 0 aliphatic rings. The van der Waals surface area contributed by atoms with E-state index >= 15 is 0 Å². The molecule has 2 amide bonds. The van der Waals surface area contributed by atoms with Crippen molar-refractivity contribution in [3.63, 3.8) is 0 Å². The molecule has 2 aromatic rings. The van der Waals surface area contributed by atoms with Crippen LogP contribution in [0.15, 0.2) is 46.9 Å². The van der Waals surface area contributed by atoms with Gasteiger partial charge in [0, 0.05) is 15.8 Å². The number of para-hydroxylation sites is 1. The molecule has 0 radical (unpaired) electrons. The monoisotopic (exact) mass is 319 g/mol. The maximum atomic E-state index is 11.8. The normalized spacial score (nSPS) is 10.0. The van der Waals surface area contributed by atoms with E-state index in [2.05, 4.69) is 26.6 Å². The molecule has 4 N–H and O–H groups in total. The quantitative estimate of drug-likeness (QED) is 0.733. The number of amides is 2. The average Bonchev–Trinajstić information content (AvgIpc) is 2.37. The molecule has 0 aromatic heterocycles. The lowest BCUT2D eigenvalue weighted by Gasteiger charge is -2.11. The Bertz CT molecular complexity index is 599. The molecule has 0 atom stereocenters. The van der Waals surface area contributed by atoms with Gasteiger partial charge in [-0.3, -0.25) is 0 Å². The molecule has 0 bridgehead atoms. The van der Waals surface area contributed by atoms with Crippen LogP contribution in [0.25, 0.3) is 0 Å². The number of nitrogens with one attached hydrogen (secondary N) is 2. The van der Waals surface area contributed by atoms with E-state index < -0.39 is 0 Å². The van der Waals surface area contributed by atoms with Gasteiger partial charge in [-0.25, -0.2) is 4.79 Å². The zero-order valence-electron chi connectivity index (χ0n) is 10.4. The van der Waals surface area contributed by atoms with E-state index in [-0.39, 0.29) is 6.03 Å². The number of anilines is 3. The number of carbonyl (C=O) groups excluding carboxylic acids is 1. The van der Waals surface area contributed by atoms with Crippen molar-refractivity contribution in [3.05, 3.63) is 52.5 Å². The van der Waals surface area contributed by atoms with Gasteiger partial charge in [0.05, 0.1) is 5.69 Å². The molecule has 5 heteroatoms. The van der Waals surface area contributed by atoms with Crippen molar-refractivity contribution >= 4 is 39.0 Å². The third-order valence-corrected chi connectivity index (χ3v) is 3.29. The van der Waals surface area contributed by atoms with E-state index in [1.54, 1.807) is 6.07 Å². The molecule has 4 nitrogen and oxygen atoms in total. The van der Waals surface area contributed by atoms with E-state index in [0.29, 0.717) is 11.4 Å². The molecule has 2 aromatic carbocycles. The predicted octanol–water partition coefficient (Wildman–Crippen LogP) is 3.98. The lowest BCUT2D eigenvalue weighted by Crippen LogP contribution is -2.19. The number of nitrogen functional groups attached to an aromatic ring is 1. The van der Waals surface area contributed by atoms with Crippen molar-refractivity contribution in [2.45, 2.75) is 6.92 Å². The van der Waals surface area contributed by atoms with Gasteiger partial charge in [-0.15, -0.1) is 0 Å². The van der Waals surface area contributed by atoms with Crippen molar-refractivity contribution in [2.24, 2.45) is 0 Å². The number of rotatable bonds is 2. The minimum absolute atomic E-state index is 0.310. The summed E-state index contributed by atoms with van der Waals surface area (Å²) >= 11 is 3.40. The second kappa shape index (κ2) is 5.75. The molecule has 19 heavy (non-hydrogen) atoms. The van der Waals surface area contributed by atoms with E-state index in [1.165, 1.54) is 0 Å². The van der Waals surface area contributed by atoms with Gasteiger partial charge in [-0.2, -0.15) is 0 Å². The summed E-state index contributed by atoms with van der Waals surface area (Å²) < 4.78 is 0.794. The van der Waals surface area contributed by atoms with E-state index in [0.717, 1.165) is 15.7 Å². The Morgan fingerprint density at radius 2 is 1.84 bits per heavy atom. The molecule has 98 valence electrons. The number of urea groups is 1. The highest BCUT2D eigenvalue weighted by Gasteiger charge is 2.07. The van der Waals surface area contributed by atoms with Crippen LogP contribution in [-0.2, 0) is 0 Å². The fourth-order valence-electron chi connectivity index (χ4n) is 1.59. The smallest absolute Gasteiger partial charge is 0.323 e. The number of aryl methyl sites for hydroxylation is 1. The fraction of sp³-hybridized carbons (Fsp3) is 0.0714. The largest absolute Gasteiger partial charge is 0.398 e. The second-order valence-electron chi connectivity index (χ2n) is 4.13. The summed E-state index contributed by atoms with van der Waals surface area (Å²) in [4.78, 5) is 11.8. The molecule has 0 spiro atoms. The predicted molar refractivity (Wildman–Crippen MR) is 82.4 cm³/mol. The molecular formula is C14H14BrN3O. The van der Waals surface area contributed by atoms with Crippen LogP contribution >= 0.6 is 15.9 Å². The Labute approximate surface area is 120 Å². The van der Waals surface area contributed by atoms with Crippen molar-refractivity contribution in [1.29, 1.82) is 0 Å². The maximum Gasteiger partial charge on any atom is 0.323 e. The van der Waals surface area contributed by atoms with E-state index in [4.69, 9.17) is 5.73 Å². The van der Waals surface area contributed by atoms with Crippen LogP contribution in [0.4, 0.5) is 21.9 Å². The minimum atomic E-state index is -0.310. The molecular weight excluding hydrogens is 306 g/mol. The number of carbonyl (C=O) groups is 1. The van der Waals surface area contributed by atoms with Gasteiger partial charge in [0.15, 0.2) is 0 Å². The number of halogens is 1. The zero-order chi connectivity index (χ0) is 13.8. The second-order valence-corrected chi connectivity index (χ2v) is 4.99. The van der Waals surface area contributed by atoms with Crippen molar-refractivity contribution in [3.8, 4) is 0 Å². The highest BCUT2D eigenvalue weighted by molar-refractivity contribution is 9.10. The van der Waals surface area contributed by atoms with Gasteiger partial charge in [-0.1, -0.05) is 18.2 Å². The third kappa shape index (κ3) is 3.48. The number of nitrogens with two attached hydrogens (primary N) is 1. The van der Waals surface area contributed by atoms with E-state index in [1.807, 2.05) is 43.3 Å². The van der Waals surface area contributed by atoms with Crippen molar-refractivity contribution in [2.75, 3.05) is 16.4 Å². The third-order valence-electron chi connectivity index (χ3n) is 2.64. The summed E-state index contributed by atoms with van der Waals surface area (Å²) in [6.07, 6.45) is 0. The molecule has 0 heterocycles. The Balaban J connectivity index is 2.09. The minimum Gasteiger partial charge on any atom is -0.398 e. The first-order valence-corrected chi connectivity index (χ1v) is 6.54. The average molecular weight is 320 g/mol. The van der Waals surface area contributed by atoms with Gasteiger partial charge < -0.3 is 16.4 Å². The highest BCUT2D eigenvalue weighted by atomic mass is 79.9. The topological polar surface area (TPSA) is 67.2 Å². The fourth-order valence-corrected chi connectivity index (χ4v) is 2.15. The highest BCUT2D eigenvalue weighted by Crippen LogP contribution is 2.27. The molecule has 0 saturated carbocycles. The summed E-state index contributed by atoms with van der Waals surface area (Å²) in [5.41, 5.74) is 8.79. The van der Waals surface area contributed by atoms with Crippen LogP contribution < -0.4 is 16.4 Å². The molecule has 0 aliphatic carbocycles. The van der Waals surface area contributed by atoms with Gasteiger partial charge in [0.25, 0.3) is 0 Å². The van der Waals surface area contributed by atoms with Crippen LogP contribution in [0.3, 0.4) is 0 Å². The van der Waals surface area contributed by atoms with Crippen LogP contribution in [0, 0.1) is 6.92 Å². The van der Waals surface area contributed by atoms with Crippen molar-refractivity contribution < 1.29 is 4.79 Å². The Morgan fingerprint density at radius 1 is 1.16 bits per heavy atom. The number of hydrogen-bond acceptors (Lipinski definition) is 2. The Morgan fingerprint density at radius 3 is 2.53 bits per heavy atom. The summed E-state index contributed by atoms with van der Waals surface area (Å²) in [6.45, 7) is 1.91. The zero-order valence-corrected chi connectivity index (χ0v) is 12.0. The summed E-state index contributed by atoms with van der Waals surface area (Å²) in [5.74, 6) is 0. The Kier molecular flexibility index (Phi) is 4.06. The summed E-state index contributed by atoms with van der Waals surface area (Å²) in [5, 5.41) is 5.49. The number of hydrogen-bond donors (Lipinski definition) is 3. The van der Waals surface area contributed by atoms with Crippen LogP contribution in [0.5, 0.6) is 0 Å². The molecule has 0 unspecified atom stereocenters. The van der Waals surface area contributed by atoms with Gasteiger partial charge >= 0.3 is 6.03 Å². The lowest BCUT2D eigenvalue weighted by molar-refractivity contribution is 0.262. The number of benzene rings is 2. The molecule has 0 fully saturated rings. The van der Waals surface area contributed by atoms with Crippen LogP contribution in [0.1, 0.15) is 5.56 Å². The summed E-state index contributed by atoms with van der Waals surface area (Å²) in [6, 6.07) is 12.5. The lowest BCUT2D eigenvalue weighted by atomic mass is 10.2. The van der Waals surface area contributed by atoms with Gasteiger partial charge in [0.1, 0.15) is 0 Å².